The van der Waals surface area contributed by atoms with Crippen molar-refractivity contribution >= 4 is 15.9 Å². The molecule has 0 aliphatic heterocycles. The van der Waals surface area contributed by atoms with E-state index in [0.717, 1.165) is 0 Å². The first-order chi connectivity index (χ1) is 7.27. The van der Waals surface area contributed by atoms with Gasteiger partial charge in [0.05, 0.1) is 0 Å². The Morgan fingerprint density at radius 2 is 1.88 bits per heavy atom. The van der Waals surface area contributed by atoms with E-state index in [4.69, 9.17) is 0 Å². The molecule has 0 saturated heterocycles. The average molecular weight is 308 g/mol. The Hall–Kier alpha value is -0.790. The minimum atomic E-state index is -5.09. The summed E-state index contributed by atoms with van der Waals surface area (Å²) in [5.74, 6) is -1.63. The molecule has 0 radical (unpaired) electrons. The largest absolute Gasteiger partial charge is 0.436 e. The van der Waals surface area contributed by atoms with Gasteiger partial charge in [0.2, 0.25) is 0 Å². The molecule has 90 valence electrons. The van der Waals surface area contributed by atoms with Crippen LogP contribution in [0.1, 0.15) is 23.4 Å². The number of alkyl halides is 6. The Bertz CT molecular complexity index is 389. The minimum Gasteiger partial charge on any atom is -0.239 e. The molecule has 1 heterocycles. The third-order valence-electron chi connectivity index (χ3n) is 1.69. The zero-order chi connectivity index (χ0) is 12.5. The predicted octanol–water partition coefficient (Wildman–Crippen LogP) is 4.07. The maximum Gasteiger partial charge on any atom is 0.436 e. The topological polar surface area (TPSA) is 12.9 Å². The van der Waals surface area contributed by atoms with Crippen LogP contribution in [0.25, 0.3) is 0 Å². The van der Waals surface area contributed by atoms with Crippen molar-refractivity contribution in [2.75, 3.05) is 0 Å². The normalized spacial score (nSPS) is 12.2. The molecule has 0 aliphatic rings. The van der Waals surface area contributed by atoms with Crippen LogP contribution in [0.5, 0.6) is 0 Å². The van der Waals surface area contributed by atoms with Crippen molar-refractivity contribution in [2.45, 2.75) is 17.9 Å². The van der Waals surface area contributed by atoms with Crippen molar-refractivity contribution in [3.63, 3.8) is 0 Å². The van der Waals surface area contributed by atoms with Gasteiger partial charge in [0.25, 0.3) is 6.43 Å². The van der Waals surface area contributed by atoms with Gasteiger partial charge in [-0.1, -0.05) is 15.9 Å². The third-order valence-corrected chi connectivity index (χ3v) is 2.29. The lowest BCUT2D eigenvalue weighted by atomic mass is 10.2. The summed E-state index contributed by atoms with van der Waals surface area (Å²) in [5, 5.41) is -0.301. The standard InChI is InChI=1S/C8H4BrF6N/c9-2-3-1-4(7(11)12)16-6(5(3)10)8(13,14)15/h1,7H,2H2. The SMILES string of the molecule is Fc1c(CBr)cc(C(F)F)nc1C(F)(F)F. The van der Waals surface area contributed by atoms with Gasteiger partial charge < -0.3 is 0 Å². The van der Waals surface area contributed by atoms with E-state index in [1.165, 1.54) is 0 Å². The molecular formula is C8H4BrF6N. The maximum absolute atomic E-state index is 13.2. The zero-order valence-corrected chi connectivity index (χ0v) is 9.04. The fourth-order valence-corrected chi connectivity index (χ4v) is 1.41. The predicted molar refractivity (Wildman–Crippen MR) is 46.8 cm³/mol. The Labute approximate surface area is 94.6 Å². The van der Waals surface area contributed by atoms with Crippen LogP contribution in [0, 0.1) is 5.82 Å². The van der Waals surface area contributed by atoms with Crippen LogP contribution < -0.4 is 0 Å². The summed E-state index contributed by atoms with van der Waals surface area (Å²) in [7, 11) is 0. The molecule has 0 N–H and O–H groups in total. The molecule has 1 aromatic heterocycles. The highest BCUT2D eigenvalue weighted by Gasteiger charge is 2.38. The lowest BCUT2D eigenvalue weighted by molar-refractivity contribution is -0.144. The van der Waals surface area contributed by atoms with Crippen LogP contribution in [0.4, 0.5) is 26.3 Å². The molecule has 8 heteroatoms. The van der Waals surface area contributed by atoms with Crippen LogP contribution in [-0.2, 0) is 11.5 Å². The first kappa shape index (κ1) is 13.3. The van der Waals surface area contributed by atoms with E-state index in [2.05, 4.69) is 20.9 Å². The Morgan fingerprint density at radius 3 is 2.25 bits per heavy atom. The molecule has 1 nitrogen and oxygen atoms in total. The second kappa shape index (κ2) is 4.60. The van der Waals surface area contributed by atoms with E-state index in [1.807, 2.05) is 0 Å². The number of pyridine rings is 1. The van der Waals surface area contributed by atoms with Gasteiger partial charge in [-0.25, -0.2) is 18.2 Å². The molecule has 0 fully saturated rings. The molecule has 0 spiro atoms. The summed E-state index contributed by atoms with van der Waals surface area (Å²) in [6, 6.07) is 0.601. The molecule has 16 heavy (non-hydrogen) atoms. The minimum absolute atomic E-state index is 0.301. The van der Waals surface area contributed by atoms with Gasteiger partial charge in [0, 0.05) is 10.9 Å². The van der Waals surface area contributed by atoms with E-state index in [0.29, 0.717) is 6.07 Å². The van der Waals surface area contributed by atoms with Crippen molar-refractivity contribution in [2.24, 2.45) is 0 Å². The van der Waals surface area contributed by atoms with Gasteiger partial charge in [0.1, 0.15) is 5.69 Å². The second-order valence-electron chi connectivity index (χ2n) is 2.80. The number of nitrogens with zero attached hydrogens (tertiary/aromatic N) is 1. The van der Waals surface area contributed by atoms with Crippen LogP contribution in [0.2, 0.25) is 0 Å². The lowest BCUT2D eigenvalue weighted by Crippen LogP contribution is -2.14. The fourth-order valence-electron chi connectivity index (χ4n) is 1.00. The number of halogens is 7. The van der Waals surface area contributed by atoms with Crippen LogP contribution >= 0.6 is 15.9 Å². The molecule has 0 atom stereocenters. The molecule has 1 rings (SSSR count). The Balaban J connectivity index is 3.42. The zero-order valence-electron chi connectivity index (χ0n) is 7.45. The van der Waals surface area contributed by atoms with Crippen molar-refractivity contribution < 1.29 is 26.3 Å². The van der Waals surface area contributed by atoms with Crippen molar-refractivity contribution in [3.8, 4) is 0 Å². The highest BCUT2D eigenvalue weighted by molar-refractivity contribution is 9.08. The second-order valence-corrected chi connectivity index (χ2v) is 3.36. The highest BCUT2D eigenvalue weighted by atomic mass is 79.9. The van der Waals surface area contributed by atoms with E-state index in [-0.39, 0.29) is 5.33 Å². The molecular weight excluding hydrogens is 304 g/mol. The van der Waals surface area contributed by atoms with Gasteiger partial charge in [-0.05, 0) is 6.07 Å². The molecule has 0 saturated carbocycles. The van der Waals surface area contributed by atoms with Crippen molar-refractivity contribution in [3.05, 3.63) is 28.8 Å². The first-order valence-electron chi connectivity index (χ1n) is 3.88. The number of rotatable bonds is 2. The van der Waals surface area contributed by atoms with Crippen molar-refractivity contribution in [1.82, 2.24) is 4.98 Å². The third kappa shape index (κ3) is 2.66. The average Bonchev–Trinajstić information content (AvgIpc) is 2.15. The van der Waals surface area contributed by atoms with Gasteiger partial charge >= 0.3 is 6.18 Å². The summed E-state index contributed by atoms with van der Waals surface area (Å²) in [4.78, 5) is 2.58. The van der Waals surface area contributed by atoms with E-state index < -0.39 is 35.4 Å². The van der Waals surface area contributed by atoms with E-state index in [1.54, 1.807) is 0 Å². The summed E-state index contributed by atoms with van der Waals surface area (Å²) in [6.45, 7) is 0. The van der Waals surface area contributed by atoms with Gasteiger partial charge in [-0.15, -0.1) is 0 Å². The van der Waals surface area contributed by atoms with Crippen LogP contribution in [0.15, 0.2) is 6.07 Å². The Kier molecular flexibility index (Phi) is 3.82. The van der Waals surface area contributed by atoms with Gasteiger partial charge in [-0.3, -0.25) is 0 Å². The van der Waals surface area contributed by atoms with Gasteiger partial charge in [-0.2, -0.15) is 13.2 Å². The van der Waals surface area contributed by atoms with Crippen molar-refractivity contribution in [1.29, 1.82) is 0 Å². The maximum atomic E-state index is 13.2. The molecule has 0 bridgehead atoms. The molecule has 1 aromatic rings. The summed E-state index contributed by atoms with van der Waals surface area (Å²) >= 11 is 2.71. The summed E-state index contributed by atoms with van der Waals surface area (Å²) in [6.07, 6.45) is -8.27. The fraction of sp³-hybridized carbons (Fsp3) is 0.375. The summed E-state index contributed by atoms with van der Waals surface area (Å²) in [5.41, 5.74) is -3.51. The molecule has 0 aliphatic carbocycles. The Morgan fingerprint density at radius 1 is 1.31 bits per heavy atom. The number of hydrogen-bond donors (Lipinski definition) is 0. The van der Waals surface area contributed by atoms with E-state index in [9.17, 15) is 26.3 Å². The van der Waals surface area contributed by atoms with E-state index >= 15 is 0 Å². The number of aromatic nitrogens is 1. The van der Waals surface area contributed by atoms with Crippen LogP contribution in [0.3, 0.4) is 0 Å². The van der Waals surface area contributed by atoms with Gasteiger partial charge in [0.15, 0.2) is 11.5 Å². The number of hydrogen-bond acceptors (Lipinski definition) is 1. The molecule has 0 aromatic carbocycles. The first-order valence-corrected chi connectivity index (χ1v) is 5.00. The summed E-state index contributed by atoms with van der Waals surface area (Å²) < 4.78 is 74.3. The lowest BCUT2D eigenvalue weighted by Gasteiger charge is -2.11. The highest BCUT2D eigenvalue weighted by Crippen LogP contribution is 2.33. The molecule has 0 amide bonds. The monoisotopic (exact) mass is 307 g/mol. The quantitative estimate of drug-likeness (QED) is 0.593. The molecule has 0 unspecified atom stereocenters. The smallest absolute Gasteiger partial charge is 0.239 e. The van der Waals surface area contributed by atoms with Crippen LogP contribution in [-0.4, -0.2) is 4.98 Å².